The smallest absolute Gasteiger partial charge is 0.282 e. The Morgan fingerprint density at radius 3 is 2.70 bits per heavy atom. The number of benzene rings is 2. The summed E-state index contributed by atoms with van der Waals surface area (Å²) >= 11 is 6.84. The summed E-state index contributed by atoms with van der Waals surface area (Å²) in [4.78, 5) is 17.3. The van der Waals surface area contributed by atoms with Crippen LogP contribution in [0.2, 0.25) is 0 Å². The largest absolute Gasteiger partial charge is 0.493 e. The SMILES string of the molecule is CCOc1c(C=Nn2c(C)nc3ccc(Br)cc3c2=O)cc(Br)cc1OC. The molecule has 6 nitrogen and oxygen atoms in total. The zero-order valence-corrected chi connectivity index (χ0v) is 18.2. The van der Waals surface area contributed by atoms with E-state index in [1.165, 1.54) is 4.68 Å². The molecule has 140 valence electrons. The van der Waals surface area contributed by atoms with Crippen LogP contribution < -0.4 is 15.0 Å². The van der Waals surface area contributed by atoms with Gasteiger partial charge in [0.15, 0.2) is 11.5 Å². The molecule has 0 amide bonds. The Labute approximate surface area is 173 Å². The molecule has 2 aromatic carbocycles. The van der Waals surface area contributed by atoms with Crippen molar-refractivity contribution in [2.75, 3.05) is 13.7 Å². The minimum atomic E-state index is -0.241. The highest BCUT2D eigenvalue weighted by Crippen LogP contribution is 2.34. The minimum absolute atomic E-state index is 0.241. The third kappa shape index (κ3) is 4.06. The van der Waals surface area contributed by atoms with Crippen molar-refractivity contribution in [3.8, 4) is 11.5 Å². The molecular weight excluding hydrogens is 478 g/mol. The van der Waals surface area contributed by atoms with Gasteiger partial charge in [-0.1, -0.05) is 31.9 Å². The average Bonchev–Trinajstić information content (AvgIpc) is 2.64. The van der Waals surface area contributed by atoms with Crippen LogP contribution in [-0.4, -0.2) is 29.6 Å². The molecule has 0 bridgehead atoms. The summed E-state index contributed by atoms with van der Waals surface area (Å²) in [5.41, 5.74) is 1.07. The third-order valence-electron chi connectivity index (χ3n) is 3.84. The topological polar surface area (TPSA) is 65.7 Å². The molecule has 0 fully saturated rings. The first-order valence-electron chi connectivity index (χ1n) is 8.18. The Balaban J connectivity index is 2.14. The Morgan fingerprint density at radius 1 is 1.22 bits per heavy atom. The van der Waals surface area contributed by atoms with E-state index < -0.39 is 0 Å². The Hall–Kier alpha value is -2.19. The zero-order chi connectivity index (χ0) is 19.6. The van der Waals surface area contributed by atoms with Crippen molar-refractivity contribution >= 4 is 49.0 Å². The second-order valence-corrected chi connectivity index (χ2v) is 7.47. The van der Waals surface area contributed by atoms with Crippen molar-refractivity contribution < 1.29 is 9.47 Å². The van der Waals surface area contributed by atoms with Crippen molar-refractivity contribution in [1.82, 2.24) is 9.66 Å². The number of nitrogens with zero attached hydrogens (tertiary/aromatic N) is 3. The molecule has 0 spiro atoms. The van der Waals surface area contributed by atoms with E-state index in [0.717, 1.165) is 8.95 Å². The van der Waals surface area contributed by atoms with Crippen molar-refractivity contribution in [1.29, 1.82) is 0 Å². The summed E-state index contributed by atoms with van der Waals surface area (Å²) in [6.45, 7) is 4.11. The van der Waals surface area contributed by atoms with Crippen LogP contribution in [0, 0.1) is 6.92 Å². The molecule has 0 saturated carbocycles. The number of fused-ring (bicyclic) bond motifs is 1. The summed E-state index contributed by atoms with van der Waals surface area (Å²) in [6, 6.07) is 9.05. The third-order valence-corrected chi connectivity index (χ3v) is 4.79. The summed E-state index contributed by atoms with van der Waals surface area (Å²) < 4.78 is 14.0. The van der Waals surface area contributed by atoms with Crippen molar-refractivity contribution in [3.63, 3.8) is 0 Å². The van der Waals surface area contributed by atoms with Crippen LogP contribution in [0.3, 0.4) is 0 Å². The fourth-order valence-electron chi connectivity index (χ4n) is 2.65. The summed E-state index contributed by atoms with van der Waals surface area (Å²) in [5.74, 6) is 1.64. The summed E-state index contributed by atoms with van der Waals surface area (Å²) in [7, 11) is 1.57. The van der Waals surface area contributed by atoms with E-state index in [2.05, 4.69) is 41.9 Å². The molecule has 0 aliphatic rings. The van der Waals surface area contributed by atoms with Gasteiger partial charge in [-0.25, -0.2) is 4.98 Å². The number of halogens is 2. The second-order valence-electron chi connectivity index (χ2n) is 5.64. The molecule has 1 heterocycles. The molecule has 0 unspecified atom stereocenters. The molecule has 0 aliphatic heterocycles. The Kier molecular flexibility index (Phi) is 5.96. The van der Waals surface area contributed by atoms with Crippen LogP contribution in [0.15, 0.2) is 49.2 Å². The molecule has 1 aromatic heterocycles. The van der Waals surface area contributed by atoms with Gasteiger partial charge in [0.25, 0.3) is 5.56 Å². The summed E-state index contributed by atoms with van der Waals surface area (Å²) in [5, 5.41) is 4.85. The van der Waals surface area contributed by atoms with E-state index in [9.17, 15) is 4.79 Å². The van der Waals surface area contributed by atoms with Crippen LogP contribution in [0.5, 0.6) is 11.5 Å². The maximum Gasteiger partial charge on any atom is 0.282 e. The Bertz CT molecular complexity index is 1090. The van der Waals surface area contributed by atoms with Gasteiger partial charge in [0.2, 0.25) is 0 Å². The molecule has 3 aromatic rings. The predicted molar refractivity (Wildman–Crippen MR) is 113 cm³/mol. The van der Waals surface area contributed by atoms with E-state index >= 15 is 0 Å². The van der Waals surface area contributed by atoms with Crippen molar-refractivity contribution in [3.05, 3.63) is 61.0 Å². The number of aryl methyl sites for hydroxylation is 1. The standard InChI is InChI=1S/C19H17Br2N3O3/c1-4-27-18-12(7-14(21)9-17(18)26-3)10-22-24-11(2)23-16-6-5-13(20)8-15(16)19(24)25/h5-10H,4H2,1-3H3. The van der Waals surface area contributed by atoms with E-state index in [1.54, 1.807) is 32.4 Å². The fraction of sp³-hybridized carbons (Fsp3) is 0.211. The number of aromatic nitrogens is 2. The lowest BCUT2D eigenvalue weighted by Gasteiger charge is -2.13. The predicted octanol–water partition coefficient (Wildman–Crippen LogP) is 4.52. The monoisotopic (exact) mass is 493 g/mol. The van der Waals surface area contributed by atoms with Gasteiger partial charge in [0, 0.05) is 14.5 Å². The van der Waals surface area contributed by atoms with Gasteiger partial charge >= 0.3 is 0 Å². The molecule has 3 rings (SSSR count). The minimum Gasteiger partial charge on any atom is -0.493 e. The number of hydrogen-bond acceptors (Lipinski definition) is 5. The van der Waals surface area contributed by atoms with Crippen LogP contribution in [0.1, 0.15) is 18.3 Å². The van der Waals surface area contributed by atoms with E-state index in [4.69, 9.17) is 9.47 Å². The highest BCUT2D eigenvalue weighted by atomic mass is 79.9. The zero-order valence-electron chi connectivity index (χ0n) is 15.0. The quantitative estimate of drug-likeness (QED) is 0.489. The number of rotatable bonds is 5. The van der Waals surface area contributed by atoms with Crippen molar-refractivity contribution in [2.45, 2.75) is 13.8 Å². The number of hydrogen-bond donors (Lipinski definition) is 0. The summed E-state index contributed by atoms with van der Waals surface area (Å²) in [6.07, 6.45) is 1.57. The number of ether oxygens (including phenoxy) is 2. The molecule has 0 atom stereocenters. The molecule has 0 aliphatic carbocycles. The van der Waals surface area contributed by atoms with Crippen molar-refractivity contribution in [2.24, 2.45) is 5.10 Å². The second kappa shape index (κ2) is 8.22. The van der Waals surface area contributed by atoms with Gasteiger partial charge in [0.1, 0.15) is 5.82 Å². The van der Waals surface area contributed by atoms with Gasteiger partial charge in [0.05, 0.1) is 30.8 Å². The van der Waals surface area contributed by atoms with E-state index in [-0.39, 0.29) is 5.56 Å². The first-order chi connectivity index (χ1) is 12.9. The highest BCUT2D eigenvalue weighted by Gasteiger charge is 2.12. The lowest BCUT2D eigenvalue weighted by Crippen LogP contribution is -2.20. The molecule has 0 saturated heterocycles. The fourth-order valence-corrected chi connectivity index (χ4v) is 3.47. The van der Waals surface area contributed by atoms with Crippen LogP contribution in [0.25, 0.3) is 10.9 Å². The van der Waals surface area contributed by atoms with Crippen LogP contribution >= 0.6 is 31.9 Å². The first-order valence-corrected chi connectivity index (χ1v) is 9.76. The van der Waals surface area contributed by atoms with Gasteiger partial charge in [-0.2, -0.15) is 9.78 Å². The molecule has 8 heteroatoms. The van der Waals surface area contributed by atoms with Crippen LogP contribution in [0.4, 0.5) is 0 Å². The maximum atomic E-state index is 12.8. The Morgan fingerprint density at radius 2 is 2.00 bits per heavy atom. The van der Waals surface area contributed by atoms with Gasteiger partial charge in [-0.3, -0.25) is 4.79 Å². The van der Waals surface area contributed by atoms with E-state index in [0.29, 0.717) is 40.4 Å². The molecule has 27 heavy (non-hydrogen) atoms. The van der Waals surface area contributed by atoms with E-state index in [1.807, 2.05) is 25.1 Å². The molecule has 0 radical (unpaired) electrons. The average molecular weight is 495 g/mol. The maximum absolute atomic E-state index is 12.8. The normalized spacial score (nSPS) is 11.3. The van der Waals surface area contributed by atoms with Gasteiger partial charge < -0.3 is 9.47 Å². The highest BCUT2D eigenvalue weighted by molar-refractivity contribution is 9.10. The molecule has 0 N–H and O–H groups in total. The van der Waals surface area contributed by atoms with Crippen LogP contribution in [-0.2, 0) is 0 Å². The van der Waals surface area contributed by atoms with Gasteiger partial charge in [-0.05, 0) is 44.2 Å². The van der Waals surface area contributed by atoms with Gasteiger partial charge in [-0.15, -0.1) is 0 Å². The molecular formula is C19H17Br2N3O3. The lowest BCUT2D eigenvalue weighted by atomic mass is 10.2. The number of methoxy groups -OCH3 is 1. The lowest BCUT2D eigenvalue weighted by molar-refractivity contribution is 0.310. The first kappa shape index (κ1) is 19.6.